The molecule has 0 N–H and O–H groups in total. The lowest BCUT2D eigenvalue weighted by molar-refractivity contribution is 0.0768. The molecule has 2 heterocycles. The van der Waals surface area contributed by atoms with Gasteiger partial charge in [0, 0.05) is 37.2 Å². The number of rotatable bonds is 3. The van der Waals surface area contributed by atoms with Crippen LogP contribution in [0.1, 0.15) is 27.5 Å². The van der Waals surface area contributed by atoms with Gasteiger partial charge >= 0.3 is 0 Å². The number of hydrogen-bond donors (Lipinski definition) is 0. The van der Waals surface area contributed by atoms with E-state index >= 15 is 0 Å². The Morgan fingerprint density at radius 1 is 1.04 bits per heavy atom. The predicted molar refractivity (Wildman–Crippen MR) is 110 cm³/mol. The van der Waals surface area contributed by atoms with Gasteiger partial charge in [-0.1, -0.05) is 24.3 Å². The molecule has 4 rings (SSSR count). The Bertz CT molecular complexity index is 808. The molecule has 4 nitrogen and oxygen atoms in total. The third-order valence-corrected chi connectivity index (χ3v) is 6.03. The van der Waals surface area contributed by atoms with E-state index in [1.807, 2.05) is 29.2 Å². The molecular weight excluding hydrogens is 360 g/mol. The van der Waals surface area contributed by atoms with Gasteiger partial charge in [-0.15, -0.1) is 12.4 Å². The summed E-state index contributed by atoms with van der Waals surface area (Å²) in [6.07, 6.45) is 0. The number of likely N-dealkylation sites (tertiary alicyclic amines) is 2. The molecule has 2 saturated heterocycles. The van der Waals surface area contributed by atoms with Crippen LogP contribution in [0.5, 0.6) is 5.75 Å². The molecular formula is C22H27ClN2O2. The van der Waals surface area contributed by atoms with Crippen LogP contribution >= 0.6 is 12.4 Å². The Morgan fingerprint density at radius 3 is 2.41 bits per heavy atom. The number of methoxy groups -OCH3 is 1. The van der Waals surface area contributed by atoms with E-state index in [2.05, 4.69) is 43.1 Å². The topological polar surface area (TPSA) is 32.8 Å². The second-order valence-corrected chi connectivity index (χ2v) is 7.60. The fraction of sp³-hybridized carbons (Fsp3) is 0.409. The molecule has 2 aliphatic heterocycles. The molecule has 0 aliphatic carbocycles. The summed E-state index contributed by atoms with van der Waals surface area (Å²) in [6, 6.07) is 16.5. The zero-order valence-electron chi connectivity index (χ0n) is 16.1. The third-order valence-electron chi connectivity index (χ3n) is 6.03. The summed E-state index contributed by atoms with van der Waals surface area (Å²) in [4.78, 5) is 17.4. The summed E-state index contributed by atoms with van der Waals surface area (Å²) >= 11 is 0. The Kier molecular flexibility index (Phi) is 5.78. The van der Waals surface area contributed by atoms with E-state index in [0.717, 1.165) is 30.9 Å². The van der Waals surface area contributed by atoms with Crippen LogP contribution in [-0.2, 0) is 0 Å². The van der Waals surface area contributed by atoms with Crippen molar-refractivity contribution in [1.29, 1.82) is 0 Å². The summed E-state index contributed by atoms with van der Waals surface area (Å²) in [5, 5.41) is 0. The molecule has 0 bridgehead atoms. The van der Waals surface area contributed by atoms with Gasteiger partial charge in [-0.2, -0.15) is 0 Å². The van der Waals surface area contributed by atoms with Crippen molar-refractivity contribution in [2.45, 2.75) is 13.0 Å². The smallest absolute Gasteiger partial charge is 0.253 e. The first kappa shape index (κ1) is 19.7. The lowest BCUT2D eigenvalue weighted by Crippen LogP contribution is -2.33. The summed E-state index contributed by atoms with van der Waals surface area (Å²) in [6.45, 7) is 4.92. The third kappa shape index (κ3) is 3.56. The Morgan fingerprint density at radius 2 is 1.74 bits per heavy atom. The van der Waals surface area contributed by atoms with Crippen LogP contribution in [0, 0.1) is 18.8 Å². The predicted octanol–water partition coefficient (Wildman–Crippen LogP) is 3.80. The van der Waals surface area contributed by atoms with Gasteiger partial charge in [0.25, 0.3) is 5.91 Å². The molecule has 5 heteroatoms. The van der Waals surface area contributed by atoms with Crippen LogP contribution in [0.2, 0.25) is 0 Å². The molecule has 27 heavy (non-hydrogen) atoms. The van der Waals surface area contributed by atoms with E-state index in [1.54, 1.807) is 7.11 Å². The monoisotopic (exact) mass is 386 g/mol. The number of nitrogens with zero attached hydrogens (tertiary/aromatic N) is 2. The van der Waals surface area contributed by atoms with Crippen LogP contribution < -0.4 is 4.74 Å². The minimum absolute atomic E-state index is 0. The summed E-state index contributed by atoms with van der Waals surface area (Å²) in [5.74, 6) is 1.96. The molecule has 0 aromatic heterocycles. The highest BCUT2D eigenvalue weighted by atomic mass is 35.5. The fourth-order valence-corrected chi connectivity index (χ4v) is 4.73. The molecule has 2 aromatic carbocycles. The minimum Gasteiger partial charge on any atom is -0.497 e. The maximum Gasteiger partial charge on any atom is 0.253 e. The summed E-state index contributed by atoms with van der Waals surface area (Å²) < 4.78 is 5.19. The lowest BCUT2D eigenvalue weighted by atomic mass is 9.88. The molecule has 1 amide bonds. The number of fused-ring (bicyclic) bond motifs is 1. The van der Waals surface area contributed by atoms with Gasteiger partial charge in [-0.25, -0.2) is 0 Å². The van der Waals surface area contributed by atoms with Crippen LogP contribution in [0.25, 0.3) is 0 Å². The van der Waals surface area contributed by atoms with E-state index in [4.69, 9.17) is 4.74 Å². The van der Waals surface area contributed by atoms with E-state index < -0.39 is 0 Å². The molecule has 0 spiro atoms. The van der Waals surface area contributed by atoms with Crippen molar-refractivity contribution >= 4 is 18.3 Å². The number of halogens is 1. The van der Waals surface area contributed by atoms with E-state index in [1.165, 1.54) is 11.1 Å². The first-order chi connectivity index (χ1) is 12.6. The van der Waals surface area contributed by atoms with Gasteiger partial charge in [0.05, 0.1) is 7.11 Å². The molecule has 2 aromatic rings. The van der Waals surface area contributed by atoms with Crippen molar-refractivity contribution < 1.29 is 9.53 Å². The zero-order valence-corrected chi connectivity index (χ0v) is 16.9. The Hall–Kier alpha value is -2.04. The highest BCUT2D eigenvalue weighted by molar-refractivity contribution is 5.94. The number of carbonyl (C=O) groups excluding carboxylic acids is 1. The second-order valence-electron chi connectivity index (χ2n) is 7.60. The Labute approximate surface area is 167 Å². The molecule has 0 saturated carbocycles. The SMILES string of the molecule is COc1ccc(C(=O)N2C[C@@H]3CN(C)[C@H](c4ccccc4C)[C@@H]3C2)cc1.Cl. The van der Waals surface area contributed by atoms with E-state index in [0.29, 0.717) is 17.9 Å². The minimum atomic E-state index is 0. The highest BCUT2D eigenvalue weighted by Gasteiger charge is 2.47. The standard InChI is InChI=1S/C22H26N2O2.ClH/c1-15-6-4-5-7-19(15)21-20-14-24(13-17(20)12-23(21)2)22(25)16-8-10-18(26-3)11-9-16;/h4-11,17,20-21H,12-14H2,1-3H3;1H/t17-,20+,21+;/m0./s1. The number of amides is 1. The first-order valence-corrected chi connectivity index (χ1v) is 9.27. The number of ether oxygens (including phenoxy) is 1. The van der Waals surface area contributed by atoms with Crippen molar-refractivity contribution in [1.82, 2.24) is 9.80 Å². The maximum atomic E-state index is 12.9. The quantitative estimate of drug-likeness (QED) is 0.804. The number of benzene rings is 2. The maximum absolute atomic E-state index is 12.9. The number of hydrogen-bond acceptors (Lipinski definition) is 3. The Balaban J connectivity index is 0.00000210. The van der Waals surface area contributed by atoms with Gasteiger partial charge in [-0.3, -0.25) is 9.69 Å². The molecule has 0 unspecified atom stereocenters. The van der Waals surface area contributed by atoms with Gasteiger partial charge in [-0.05, 0) is 55.3 Å². The van der Waals surface area contributed by atoms with Crippen LogP contribution in [0.4, 0.5) is 0 Å². The molecule has 144 valence electrons. The highest BCUT2D eigenvalue weighted by Crippen LogP contribution is 2.45. The summed E-state index contributed by atoms with van der Waals surface area (Å²) in [5.41, 5.74) is 3.48. The molecule has 2 fully saturated rings. The fourth-order valence-electron chi connectivity index (χ4n) is 4.73. The van der Waals surface area contributed by atoms with Gasteiger partial charge in [0.1, 0.15) is 5.75 Å². The van der Waals surface area contributed by atoms with Crippen molar-refractivity contribution in [3.63, 3.8) is 0 Å². The lowest BCUT2D eigenvalue weighted by Gasteiger charge is -2.28. The second kappa shape index (κ2) is 7.91. The number of aryl methyl sites for hydroxylation is 1. The van der Waals surface area contributed by atoms with Crippen molar-refractivity contribution in [2.24, 2.45) is 11.8 Å². The van der Waals surface area contributed by atoms with Crippen LogP contribution in [-0.4, -0.2) is 49.5 Å². The van der Waals surface area contributed by atoms with Gasteiger partial charge in [0.15, 0.2) is 0 Å². The first-order valence-electron chi connectivity index (χ1n) is 9.27. The average Bonchev–Trinajstić information content (AvgIpc) is 3.19. The van der Waals surface area contributed by atoms with Gasteiger partial charge in [0.2, 0.25) is 0 Å². The van der Waals surface area contributed by atoms with Gasteiger partial charge < -0.3 is 9.64 Å². The largest absolute Gasteiger partial charge is 0.497 e. The van der Waals surface area contributed by atoms with E-state index in [9.17, 15) is 4.79 Å². The zero-order chi connectivity index (χ0) is 18.3. The van der Waals surface area contributed by atoms with Crippen molar-refractivity contribution in [3.8, 4) is 5.75 Å². The summed E-state index contributed by atoms with van der Waals surface area (Å²) in [7, 11) is 3.85. The van der Waals surface area contributed by atoms with Crippen molar-refractivity contribution in [3.05, 3.63) is 65.2 Å². The van der Waals surface area contributed by atoms with Crippen molar-refractivity contribution in [2.75, 3.05) is 33.8 Å². The molecule has 3 atom stereocenters. The van der Waals surface area contributed by atoms with Crippen LogP contribution in [0.15, 0.2) is 48.5 Å². The average molecular weight is 387 g/mol. The molecule has 2 aliphatic rings. The molecule has 0 radical (unpaired) electrons. The number of carbonyl (C=O) groups is 1. The van der Waals surface area contributed by atoms with Crippen LogP contribution in [0.3, 0.4) is 0 Å². The normalized spacial score (nSPS) is 24.4. The van der Waals surface area contributed by atoms with E-state index in [-0.39, 0.29) is 18.3 Å².